The van der Waals surface area contributed by atoms with E-state index in [1.807, 2.05) is 6.92 Å². The summed E-state index contributed by atoms with van der Waals surface area (Å²) in [5, 5.41) is 18.5. The van der Waals surface area contributed by atoms with Crippen LogP contribution in [-0.4, -0.2) is 22.7 Å². The third-order valence-electron chi connectivity index (χ3n) is 2.64. The highest BCUT2D eigenvalue weighted by Crippen LogP contribution is 2.33. The molecule has 0 spiro atoms. The van der Waals surface area contributed by atoms with Gasteiger partial charge in [-0.05, 0) is 37.2 Å². The smallest absolute Gasteiger partial charge is 0.300 e. The summed E-state index contributed by atoms with van der Waals surface area (Å²) in [6.45, 7) is 7.50. The van der Waals surface area contributed by atoms with Crippen molar-refractivity contribution >= 4 is 17.6 Å². The molecule has 1 aliphatic carbocycles. The number of hydrazone groups is 1. The number of carbonyl (C=O) groups is 1. The number of guanidine groups is 1. The van der Waals surface area contributed by atoms with Crippen LogP contribution in [0.5, 0.6) is 0 Å². The zero-order chi connectivity index (χ0) is 15.1. The summed E-state index contributed by atoms with van der Waals surface area (Å²) in [6.07, 6.45) is 5.77. The fraction of sp³-hybridized carbons (Fsp3) is 0.615. The summed E-state index contributed by atoms with van der Waals surface area (Å²) in [6, 6.07) is 0. The molecule has 0 amide bonds. The van der Waals surface area contributed by atoms with Crippen molar-refractivity contribution in [3.63, 3.8) is 0 Å². The third kappa shape index (κ3) is 8.82. The Morgan fingerprint density at radius 1 is 1.53 bits per heavy atom. The number of nitrogens with one attached hydrogen (secondary N) is 2. The molecule has 6 heteroatoms. The van der Waals surface area contributed by atoms with Gasteiger partial charge in [0.15, 0.2) is 0 Å². The topological polar surface area (TPSA) is 112 Å². The Morgan fingerprint density at radius 3 is 2.47 bits per heavy atom. The molecule has 0 saturated carbocycles. The first-order valence-electron chi connectivity index (χ1n) is 6.20. The average Bonchev–Trinajstić information content (AvgIpc) is 2.23. The van der Waals surface area contributed by atoms with E-state index in [2.05, 4.69) is 30.5 Å². The van der Waals surface area contributed by atoms with Crippen molar-refractivity contribution in [2.45, 2.75) is 47.0 Å². The van der Waals surface area contributed by atoms with E-state index in [1.165, 1.54) is 18.4 Å². The summed E-state index contributed by atoms with van der Waals surface area (Å²) in [5.74, 6) is -0.954. The second kappa shape index (κ2) is 7.56. The van der Waals surface area contributed by atoms with E-state index in [0.29, 0.717) is 0 Å². The van der Waals surface area contributed by atoms with Crippen LogP contribution in [0.2, 0.25) is 0 Å². The number of hydrogen-bond donors (Lipinski definition) is 4. The molecule has 0 heterocycles. The summed E-state index contributed by atoms with van der Waals surface area (Å²) in [5.41, 5.74) is 10.1. The highest BCUT2D eigenvalue weighted by atomic mass is 16.4. The molecular weight excluding hydrogens is 244 g/mol. The Kier molecular flexibility index (Phi) is 6.82. The van der Waals surface area contributed by atoms with E-state index >= 15 is 0 Å². The number of rotatable bonds is 2. The molecule has 6 nitrogen and oxygen atoms in total. The van der Waals surface area contributed by atoms with Crippen molar-refractivity contribution in [3.8, 4) is 0 Å². The van der Waals surface area contributed by atoms with E-state index in [9.17, 15) is 0 Å². The van der Waals surface area contributed by atoms with Gasteiger partial charge in [-0.15, -0.1) is 0 Å². The summed E-state index contributed by atoms with van der Waals surface area (Å²) in [4.78, 5) is 9.00. The van der Waals surface area contributed by atoms with Crippen LogP contribution in [0, 0.1) is 10.8 Å². The molecule has 0 atom stereocenters. The van der Waals surface area contributed by atoms with Crippen LogP contribution in [-0.2, 0) is 4.79 Å². The zero-order valence-corrected chi connectivity index (χ0v) is 12.1. The maximum absolute atomic E-state index is 9.00. The SMILES string of the molecule is C/C(=N\NC(=N)N)C1=CC(C)(C)CCC1.CC(=O)O. The predicted octanol–water partition coefficient (Wildman–Crippen LogP) is 2.07. The van der Waals surface area contributed by atoms with Crippen LogP contribution in [0.3, 0.4) is 0 Å². The van der Waals surface area contributed by atoms with E-state index in [0.717, 1.165) is 19.1 Å². The van der Waals surface area contributed by atoms with Crippen molar-refractivity contribution in [2.75, 3.05) is 0 Å². The maximum atomic E-state index is 9.00. The number of carboxylic acids is 1. The molecule has 0 bridgehead atoms. The van der Waals surface area contributed by atoms with Gasteiger partial charge in [-0.1, -0.05) is 19.9 Å². The molecule has 0 aromatic rings. The van der Waals surface area contributed by atoms with Crippen LogP contribution in [0.1, 0.15) is 47.0 Å². The monoisotopic (exact) mass is 268 g/mol. The molecule has 0 radical (unpaired) electrons. The molecule has 0 aromatic carbocycles. The van der Waals surface area contributed by atoms with Crippen molar-refractivity contribution in [3.05, 3.63) is 11.6 Å². The highest BCUT2D eigenvalue weighted by Gasteiger charge is 2.21. The Labute approximate surface area is 114 Å². The molecule has 0 fully saturated rings. The first-order valence-corrected chi connectivity index (χ1v) is 6.20. The van der Waals surface area contributed by atoms with Crippen molar-refractivity contribution < 1.29 is 9.90 Å². The average molecular weight is 268 g/mol. The van der Waals surface area contributed by atoms with Crippen LogP contribution in [0.25, 0.3) is 0 Å². The molecule has 108 valence electrons. The van der Waals surface area contributed by atoms with Crippen LogP contribution in [0.4, 0.5) is 0 Å². The van der Waals surface area contributed by atoms with Crippen LogP contribution >= 0.6 is 0 Å². The van der Waals surface area contributed by atoms with Crippen LogP contribution in [0.15, 0.2) is 16.8 Å². The Morgan fingerprint density at radius 2 is 2.05 bits per heavy atom. The molecule has 0 aromatic heterocycles. The predicted molar refractivity (Wildman–Crippen MR) is 77.2 cm³/mol. The van der Waals surface area contributed by atoms with Gasteiger partial charge >= 0.3 is 0 Å². The van der Waals surface area contributed by atoms with Crippen LogP contribution < -0.4 is 11.2 Å². The lowest BCUT2D eigenvalue weighted by Crippen LogP contribution is -2.27. The Bertz CT molecular complexity index is 393. The molecule has 0 unspecified atom stereocenters. The van der Waals surface area contributed by atoms with Crippen molar-refractivity contribution in [1.29, 1.82) is 5.41 Å². The standard InChI is InChI=1S/C11H20N4.C2H4O2/c1-8(14-15-10(12)13)9-5-4-6-11(2,3)7-9;1-2(3)4/h7H,4-6H2,1-3H3,(H4,12,13,15);1H3,(H,3,4)/b14-8+;. The van der Waals surface area contributed by atoms with Crippen molar-refractivity contribution in [1.82, 2.24) is 5.43 Å². The van der Waals surface area contributed by atoms with Gasteiger partial charge in [-0.2, -0.15) is 5.10 Å². The first-order chi connectivity index (χ1) is 8.64. The number of nitrogens with zero attached hydrogens (tertiary/aromatic N) is 1. The number of carboxylic acid groups (broad SMARTS) is 1. The fourth-order valence-electron chi connectivity index (χ4n) is 1.85. The number of hydrogen-bond acceptors (Lipinski definition) is 3. The minimum absolute atomic E-state index is 0.120. The van der Waals surface area contributed by atoms with Gasteiger partial charge in [0.25, 0.3) is 5.97 Å². The maximum Gasteiger partial charge on any atom is 0.300 e. The van der Waals surface area contributed by atoms with Gasteiger partial charge in [-0.3, -0.25) is 10.2 Å². The second-order valence-electron chi connectivity index (χ2n) is 5.25. The van der Waals surface area contributed by atoms with Gasteiger partial charge in [0.1, 0.15) is 0 Å². The number of aliphatic carboxylic acids is 1. The number of nitrogens with two attached hydrogens (primary N) is 1. The molecule has 0 aliphatic heterocycles. The van der Waals surface area contributed by atoms with Gasteiger partial charge in [0, 0.05) is 6.92 Å². The lowest BCUT2D eigenvalue weighted by molar-refractivity contribution is -0.134. The molecule has 0 saturated heterocycles. The minimum Gasteiger partial charge on any atom is -0.481 e. The summed E-state index contributed by atoms with van der Waals surface area (Å²) < 4.78 is 0. The zero-order valence-electron chi connectivity index (χ0n) is 12.1. The van der Waals surface area contributed by atoms with E-state index in [-0.39, 0.29) is 11.4 Å². The first kappa shape index (κ1) is 17.2. The highest BCUT2D eigenvalue weighted by molar-refractivity contribution is 5.98. The van der Waals surface area contributed by atoms with E-state index in [4.69, 9.17) is 21.0 Å². The Hall–Kier alpha value is -1.85. The second-order valence-corrected chi connectivity index (χ2v) is 5.25. The van der Waals surface area contributed by atoms with Crippen molar-refractivity contribution in [2.24, 2.45) is 16.3 Å². The number of allylic oxidation sites excluding steroid dienone is 2. The molecule has 1 rings (SSSR count). The summed E-state index contributed by atoms with van der Waals surface area (Å²) >= 11 is 0. The minimum atomic E-state index is -0.833. The quantitative estimate of drug-likeness (QED) is 0.349. The lowest BCUT2D eigenvalue weighted by atomic mass is 9.79. The van der Waals surface area contributed by atoms with Gasteiger partial charge in [0.05, 0.1) is 5.71 Å². The molecule has 5 N–H and O–H groups in total. The van der Waals surface area contributed by atoms with Gasteiger partial charge in [-0.25, -0.2) is 5.43 Å². The molecule has 19 heavy (non-hydrogen) atoms. The fourth-order valence-corrected chi connectivity index (χ4v) is 1.85. The Balaban J connectivity index is 0.000000711. The van der Waals surface area contributed by atoms with Gasteiger partial charge < -0.3 is 10.8 Å². The third-order valence-corrected chi connectivity index (χ3v) is 2.64. The normalized spacial score (nSPS) is 17.7. The molecule has 1 aliphatic rings. The van der Waals surface area contributed by atoms with Gasteiger partial charge in [0.2, 0.25) is 5.96 Å². The largest absolute Gasteiger partial charge is 0.481 e. The molecular formula is C13H24N4O2. The van der Waals surface area contributed by atoms with E-state index in [1.54, 1.807) is 0 Å². The lowest BCUT2D eigenvalue weighted by Gasteiger charge is -2.27. The van der Waals surface area contributed by atoms with E-state index < -0.39 is 5.97 Å². The summed E-state index contributed by atoms with van der Waals surface area (Å²) in [7, 11) is 0.